The average Bonchev–Trinajstić information content (AvgIpc) is 2.84. The number of aryl methyl sites for hydroxylation is 2. The molecule has 0 bridgehead atoms. The first-order valence-electron chi connectivity index (χ1n) is 6.19. The highest BCUT2D eigenvalue weighted by atomic mass is 35.5. The molecule has 8 heteroatoms. The number of halogens is 2. The molecule has 0 spiro atoms. The van der Waals surface area contributed by atoms with Crippen LogP contribution in [0.5, 0.6) is 0 Å². The van der Waals surface area contributed by atoms with Crippen LogP contribution in [0.4, 0.5) is 0 Å². The summed E-state index contributed by atoms with van der Waals surface area (Å²) in [5.41, 5.74) is 1.47. The van der Waals surface area contributed by atoms with Crippen molar-refractivity contribution in [2.24, 2.45) is 0 Å². The first-order valence-corrected chi connectivity index (χ1v) is 7.93. The van der Waals surface area contributed by atoms with Gasteiger partial charge in [-0.3, -0.25) is 9.36 Å². The van der Waals surface area contributed by atoms with Crippen molar-refractivity contribution in [3.63, 3.8) is 0 Å². The highest BCUT2D eigenvalue weighted by molar-refractivity contribution is 7.99. The summed E-state index contributed by atoms with van der Waals surface area (Å²) in [6.45, 7) is 3.81. The molecule has 0 aliphatic rings. The SMILES string of the molecule is CCc1nnc(SCC(=O)O)n1-c1c(Cl)ccc(C)c1Cl. The van der Waals surface area contributed by atoms with E-state index in [-0.39, 0.29) is 5.75 Å². The molecule has 5 nitrogen and oxygen atoms in total. The Kier molecular flexibility index (Phi) is 5.13. The second-order valence-electron chi connectivity index (χ2n) is 4.30. The number of rotatable bonds is 5. The van der Waals surface area contributed by atoms with Gasteiger partial charge in [0.05, 0.1) is 21.5 Å². The third-order valence-electron chi connectivity index (χ3n) is 2.82. The van der Waals surface area contributed by atoms with Crippen LogP contribution in [0.3, 0.4) is 0 Å². The van der Waals surface area contributed by atoms with E-state index >= 15 is 0 Å². The van der Waals surface area contributed by atoms with Crippen LogP contribution in [0.1, 0.15) is 18.3 Å². The molecule has 2 aromatic rings. The highest BCUT2D eigenvalue weighted by Gasteiger charge is 2.19. The number of carbonyl (C=O) groups is 1. The van der Waals surface area contributed by atoms with Gasteiger partial charge in [-0.15, -0.1) is 10.2 Å². The van der Waals surface area contributed by atoms with Crippen LogP contribution < -0.4 is 0 Å². The van der Waals surface area contributed by atoms with Gasteiger partial charge in [0.25, 0.3) is 0 Å². The Labute approximate surface area is 136 Å². The minimum atomic E-state index is -0.922. The fourth-order valence-electron chi connectivity index (χ4n) is 1.82. The number of hydrogen-bond donors (Lipinski definition) is 1. The smallest absolute Gasteiger partial charge is 0.313 e. The zero-order valence-electron chi connectivity index (χ0n) is 11.4. The summed E-state index contributed by atoms with van der Waals surface area (Å²) < 4.78 is 1.73. The van der Waals surface area contributed by atoms with Crippen molar-refractivity contribution in [2.75, 3.05) is 5.75 Å². The summed E-state index contributed by atoms with van der Waals surface area (Å²) in [7, 11) is 0. The summed E-state index contributed by atoms with van der Waals surface area (Å²) in [6.07, 6.45) is 0.626. The monoisotopic (exact) mass is 345 g/mol. The van der Waals surface area contributed by atoms with E-state index in [1.807, 2.05) is 19.9 Å². The predicted molar refractivity (Wildman–Crippen MR) is 83.9 cm³/mol. The molecule has 0 radical (unpaired) electrons. The van der Waals surface area contributed by atoms with Gasteiger partial charge in [0, 0.05) is 6.42 Å². The highest BCUT2D eigenvalue weighted by Crippen LogP contribution is 2.34. The van der Waals surface area contributed by atoms with Crippen molar-refractivity contribution < 1.29 is 9.90 Å². The zero-order chi connectivity index (χ0) is 15.6. The number of thioether (sulfide) groups is 1. The van der Waals surface area contributed by atoms with Gasteiger partial charge in [-0.1, -0.05) is 48.0 Å². The Hall–Kier alpha value is -1.24. The van der Waals surface area contributed by atoms with E-state index in [9.17, 15) is 4.79 Å². The van der Waals surface area contributed by atoms with Crippen LogP contribution in [0.15, 0.2) is 17.3 Å². The number of carboxylic acid groups (broad SMARTS) is 1. The van der Waals surface area contributed by atoms with Crippen LogP contribution in [0, 0.1) is 6.92 Å². The molecular weight excluding hydrogens is 333 g/mol. The Morgan fingerprint density at radius 1 is 1.38 bits per heavy atom. The molecule has 112 valence electrons. The molecule has 0 unspecified atom stereocenters. The zero-order valence-corrected chi connectivity index (χ0v) is 13.8. The lowest BCUT2D eigenvalue weighted by molar-refractivity contribution is -0.133. The second-order valence-corrected chi connectivity index (χ2v) is 6.02. The Morgan fingerprint density at radius 3 is 2.71 bits per heavy atom. The standard InChI is InChI=1S/C13H13Cl2N3O2S/c1-3-9-16-17-13(21-6-10(19)20)18(9)12-8(14)5-4-7(2)11(12)15/h4-5H,3,6H2,1-2H3,(H,19,20). The first-order chi connectivity index (χ1) is 9.95. The molecule has 2 rings (SSSR count). The van der Waals surface area contributed by atoms with Crippen molar-refractivity contribution in [2.45, 2.75) is 25.4 Å². The average molecular weight is 346 g/mol. The molecule has 0 saturated carbocycles. The topological polar surface area (TPSA) is 68.0 Å². The normalized spacial score (nSPS) is 10.9. The molecule has 1 aromatic heterocycles. The Balaban J connectivity index is 2.59. The molecule has 0 atom stereocenters. The van der Waals surface area contributed by atoms with Crippen molar-refractivity contribution in [1.82, 2.24) is 14.8 Å². The lowest BCUT2D eigenvalue weighted by atomic mass is 10.2. The largest absolute Gasteiger partial charge is 0.481 e. The number of hydrogen-bond acceptors (Lipinski definition) is 4. The van der Waals surface area contributed by atoms with Crippen molar-refractivity contribution >= 4 is 40.9 Å². The number of nitrogens with zero attached hydrogens (tertiary/aromatic N) is 3. The van der Waals surface area contributed by atoms with E-state index in [0.717, 1.165) is 17.3 Å². The van der Waals surface area contributed by atoms with E-state index in [1.165, 1.54) is 0 Å². The molecule has 1 aromatic carbocycles. The molecule has 0 fully saturated rings. The van der Waals surface area contributed by atoms with Gasteiger partial charge in [0.1, 0.15) is 5.82 Å². The van der Waals surface area contributed by atoms with Gasteiger partial charge in [-0.05, 0) is 18.6 Å². The van der Waals surface area contributed by atoms with Gasteiger partial charge in [0.2, 0.25) is 0 Å². The van der Waals surface area contributed by atoms with Crippen LogP contribution in [-0.4, -0.2) is 31.6 Å². The molecule has 1 heterocycles. The molecule has 0 aliphatic carbocycles. The van der Waals surface area contributed by atoms with Crippen molar-refractivity contribution in [1.29, 1.82) is 0 Å². The minimum Gasteiger partial charge on any atom is -0.481 e. The van der Waals surface area contributed by atoms with E-state index in [2.05, 4.69) is 10.2 Å². The van der Waals surface area contributed by atoms with Gasteiger partial charge in [-0.2, -0.15) is 0 Å². The molecule has 0 amide bonds. The van der Waals surface area contributed by atoms with Gasteiger partial charge < -0.3 is 5.11 Å². The third kappa shape index (κ3) is 3.33. The van der Waals surface area contributed by atoms with E-state index < -0.39 is 5.97 Å². The van der Waals surface area contributed by atoms with Crippen molar-refractivity contribution in [3.8, 4) is 5.69 Å². The van der Waals surface area contributed by atoms with Crippen LogP contribution in [0.2, 0.25) is 10.0 Å². The maximum atomic E-state index is 10.8. The van der Waals surface area contributed by atoms with Gasteiger partial charge >= 0.3 is 5.97 Å². The quantitative estimate of drug-likeness (QED) is 0.838. The summed E-state index contributed by atoms with van der Waals surface area (Å²) in [5, 5.41) is 18.4. The van der Waals surface area contributed by atoms with Crippen LogP contribution in [0.25, 0.3) is 5.69 Å². The Bertz CT molecular complexity index is 688. The lowest BCUT2D eigenvalue weighted by Crippen LogP contribution is -2.06. The molecule has 0 aliphatic heterocycles. The van der Waals surface area contributed by atoms with Crippen LogP contribution in [-0.2, 0) is 11.2 Å². The number of aliphatic carboxylic acids is 1. The maximum absolute atomic E-state index is 10.8. The summed E-state index contributed by atoms with van der Waals surface area (Å²) in [4.78, 5) is 10.8. The van der Waals surface area contributed by atoms with E-state index in [0.29, 0.717) is 33.1 Å². The van der Waals surface area contributed by atoms with E-state index in [1.54, 1.807) is 10.6 Å². The lowest BCUT2D eigenvalue weighted by Gasteiger charge is -2.14. The summed E-state index contributed by atoms with van der Waals surface area (Å²) >= 11 is 13.7. The van der Waals surface area contributed by atoms with E-state index in [4.69, 9.17) is 28.3 Å². The van der Waals surface area contributed by atoms with Gasteiger partial charge in [-0.25, -0.2) is 0 Å². The third-order valence-corrected chi connectivity index (χ3v) is 4.52. The number of aromatic nitrogens is 3. The molecule has 0 saturated heterocycles. The number of carboxylic acids is 1. The number of benzene rings is 1. The predicted octanol–water partition coefficient (Wildman–Crippen LogP) is 3.62. The summed E-state index contributed by atoms with van der Waals surface area (Å²) in [6, 6.07) is 3.58. The second kappa shape index (κ2) is 6.68. The minimum absolute atomic E-state index is 0.108. The maximum Gasteiger partial charge on any atom is 0.313 e. The first kappa shape index (κ1) is 16.1. The summed E-state index contributed by atoms with van der Waals surface area (Å²) in [5.74, 6) is -0.352. The van der Waals surface area contributed by atoms with Crippen LogP contribution >= 0.6 is 35.0 Å². The fourth-order valence-corrected chi connectivity index (χ4v) is 3.04. The van der Waals surface area contributed by atoms with Crippen molar-refractivity contribution in [3.05, 3.63) is 33.6 Å². The molecular formula is C13H13Cl2N3O2S. The Morgan fingerprint density at radius 2 is 2.10 bits per heavy atom. The fraction of sp³-hybridized carbons (Fsp3) is 0.308. The van der Waals surface area contributed by atoms with Gasteiger partial charge in [0.15, 0.2) is 5.16 Å². The molecule has 21 heavy (non-hydrogen) atoms. The molecule has 1 N–H and O–H groups in total.